The average molecular weight is 387 g/mol. The van der Waals surface area contributed by atoms with E-state index in [2.05, 4.69) is 16.4 Å². The molecule has 1 aliphatic rings. The van der Waals surface area contributed by atoms with E-state index in [9.17, 15) is 9.59 Å². The number of amides is 1. The molecule has 0 radical (unpaired) electrons. The number of hydrogen-bond donors (Lipinski definition) is 2. The van der Waals surface area contributed by atoms with Crippen LogP contribution in [-0.4, -0.2) is 15.5 Å². The molecule has 2 aromatic heterocycles. The molecule has 1 amide bonds. The van der Waals surface area contributed by atoms with Crippen molar-refractivity contribution in [1.82, 2.24) is 9.55 Å². The summed E-state index contributed by atoms with van der Waals surface area (Å²) in [6.07, 6.45) is 3.00. The summed E-state index contributed by atoms with van der Waals surface area (Å²) in [5, 5.41) is 13.3. The predicted octanol–water partition coefficient (Wildman–Crippen LogP) is 2.84. The molecule has 0 saturated heterocycles. The van der Waals surface area contributed by atoms with E-state index in [0.29, 0.717) is 17.9 Å². The lowest BCUT2D eigenvalue weighted by Gasteiger charge is -2.15. The van der Waals surface area contributed by atoms with Crippen LogP contribution in [0.15, 0.2) is 41.3 Å². The molecule has 0 aliphatic heterocycles. The first-order valence-electron chi connectivity index (χ1n) is 9.52. The Morgan fingerprint density at radius 2 is 2.17 bits per heavy atom. The number of carbonyl (C=O) groups is 1. The largest absolute Gasteiger partial charge is 0.398 e. The Kier molecular flexibility index (Phi) is 4.55. The number of aromatic nitrogens is 2. The maximum atomic E-state index is 12.2. The fourth-order valence-corrected chi connectivity index (χ4v) is 3.69. The van der Waals surface area contributed by atoms with Gasteiger partial charge in [0.2, 0.25) is 5.91 Å². The first-order valence-corrected chi connectivity index (χ1v) is 9.52. The second-order valence-corrected chi connectivity index (χ2v) is 7.38. The van der Waals surface area contributed by atoms with Crippen molar-refractivity contribution in [2.24, 2.45) is 18.9 Å². The van der Waals surface area contributed by atoms with E-state index < -0.39 is 0 Å². The van der Waals surface area contributed by atoms with E-state index in [1.54, 1.807) is 29.9 Å². The maximum absolute atomic E-state index is 12.2. The quantitative estimate of drug-likeness (QED) is 0.668. The molecule has 3 N–H and O–H groups in total. The Labute approximate surface area is 167 Å². The summed E-state index contributed by atoms with van der Waals surface area (Å²) in [5.74, 6) is -0.240. The third-order valence-corrected chi connectivity index (χ3v) is 5.46. The van der Waals surface area contributed by atoms with Crippen molar-refractivity contribution < 1.29 is 4.79 Å². The van der Waals surface area contributed by atoms with Gasteiger partial charge in [0.05, 0.1) is 23.6 Å². The lowest BCUT2D eigenvalue weighted by Crippen LogP contribution is -2.18. The van der Waals surface area contributed by atoms with Crippen LogP contribution < -0.4 is 16.6 Å². The van der Waals surface area contributed by atoms with E-state index in [4.69, 9.17) is 11.0 Å². The van der Waals surface area contributed by atoms with Crippen molar-refractivity contribution in [3.63, 3.8) is 0 Å². The number of fused-ring (bicyclic) bond motifs is 1. The smallest absolute Gasteiger partial charge is 0.250 e. The molecule has 1 saturated carbocycles. The van der Waals surface area contributed by atoms with Crippen molar-refractivity contribution in [3.8, 4) is 17.3 Å². The normalized spacial score (nSPS) is 17.7. The van der Waals surface area contributed by atoms with Gasteiger partial charge >= 0.3 is 0 Å². The van der Waals surface area contributed by atoms with Crippen LogP contribution in [0.3, 0.4) is 0 Å². The van der Waals surface area contributed by atoms with Gasteiger partial charge in [0.25, 0.3) is 5.56 Å². The van der Waals surface area contributed by atoms with Gasteiger partial charge in [-0.2, -0.15) is 5.26 Å². The number of hydrogen-bond acceptors (Lipinski definition) is 5. The Bertz CT molecular complexity index is 1240. The molecule has 1 aliphatic carbocycles. The summed E-state index contributed by atoms with van der Waals surface area (Å²) in [6, 6.07) is 11.1. The number of nitrogens with zero attached hydrogens (tertiary/aromatic N) is 3. The van der Waals surface area contributed by atoms with Crippen molar-refractivity contribution in [3.05, 3.63) is 52.4 Å². The highest BCUT2D eigenvalue weighted by Crippen LogP contribution is 2.38. The highest BCUT2D eigenvalue weighted by atomic mass is 16.2. The topological polar surface area (TPSA) is 114 Å². The van der Waals surface area contributed by atoms with Crippen molar-refractivity contribution >= 4 is 28.2 Å². The first kappa shape index (κ1) is 18.7. The molecular formula is C22H21N5O2. The molecule has 2 unspecified atom stereocenters. The molecule has 7 nitrogen and oxygen atoms in total. The predicted molar refractivity (Wildman–Crippen MR) is 112 cm³/mol. The van der Waals surface area contributed by atoms with Gasteiger partial charge < -0.3 is 15.6 Å². The number of nitrogens with two attached hydrogens (primary N) is 1. The summed E-state index contributed by atoms with van der Waals surface area (Å²) in [5.41, 5.74) is 9.44. The lowest BCUT2D eigenvalue weighted by molar-refractivity contribution is -0.117. The Hall–Kier alpha value is -3.66. The molecule has 4 rings (SSSR count). The minimum atomic E-state index is -0.264. The minimum absolute atomic E-state index is 0.0879. The number of carbonyl (C=O) groups excluding carboxylic acids is 1. The van der Waals surface area contributed by atoms with E-state index in [1.165, 1.54) is 0 Å². The van der Waals surface area contributed by atoms with E-state index in [1.807, 2.05) is 25.1 Å². The highest BCUT2D eigenvalue weighted by Gasteiger charge is 2.43. The third kappa shape index (κ3) is 3.34. The fourth-order valence-electron chi connectivity index (χ4n) is 3.69. The molecule has 1 aromatic carbocycles. The molecule has 146 valence electrons. The first-order chi connectivity index (χ1) is 13.9. The third-order valence-electron chi connectivity index (χ3n) is 5.46. The SMILES string of the molecule is CCc1ccc(=O)n(C)c1-c1cc(N)c2cnc(NC(=O)C3CC3C#N)cc2c1. The fraction of sp³-hybridized carbons (Fsp3) is 0.273. The van der Waals surface area contributed by atoms with Crippen LogP contribution in [0.2, 0.25) is 0 Å². The number of nitrogens with one attached hydrogen (secondary N) is 1. The van der Waals surface area contributed by atoms with Crippen molar-refractivity contribution in [2.45, 2.75) is 19.8 Å². The van der Waals surface area contributed by atoms with Gasteiger partial charge in [0.15, 0.2) is 0 Å². The Morgan fingerprint density at radius 1 is 1.38 bits per heavy atom. The monoisotopic (exact) mass is 387 g/mol. The zero-order chi connectivity index (χ0) is 20.7. The van der Waals surface area contributed by atoms with Crippen LogP contribution in [0.5, 0.6) is 0 Å². The summed E-state index contributed by atoms with van der Waals surface area (Å²) in [6.45, 7) is 2.04. The molecule has 3 aromatic rings. The molecule has 0 bridgehead atoms. The van der Waals surface area contributed by atoms with Gasteiger partial charge in [-0.15, -0.1) is 0 Å². The van der Waals surface area contributed by atoms with Crippen LogP contribution in [0.25, 0.3) is 22.0 Å². The molecule has 2 heterocycles. The minimum Gasteiger partial charge on any atom is -0.398 e. The zero-order valence-corrected chi connectivity index (χ0v) is 16.3. The summed E-state index contributed by atoms with van der Waals surface area (Å²) in [7, 11) is 1.75. The Balaban J connectivity index is 1.77. The molecule has 2 atom stereocenters. The van der Waals surface area contributed by atoms with E-state index >= 15 is 0 Å². The van der Waals surface area contributed by atoms with Crippen LogP contribution in [0, 0.1) is 23.2 Å². The van der Waals surface area contributed by atoms with E-state index in [-0.39, 0.29) is 23.3 Å². The summed E-state index contributed by atoms with van der Waals surface area (Å²) in [4.78, 5) is 28.7. The highest BCUT2D eigenvalue weighted by molar-refractivity contribution is 6.00. The van der Waals surface area contributed by atoms with Gasteiger partial charge in [-0.1, -0.05) is 13.0 Å². The number of anilines is 2. The summed E-state index contributed by atoms with van der Waals surface area (Å²) < 4.78 is 1.62. The van der Waals surface area contributed by atoms with Crippen LogP contribution in [0.4, 0.5) is 11.5 Å². The Morgan fingerprint density at radius 3 is 2.86 bits per heavy atom. The van der Waals surface area contributed by atoms with Gasteiger partial charge in [-0.3, -0.25) is 9.59 Å². The van der Waals surface area contributed by atoms with Crippen molar-refractivity contribution in [2.75, 3.05) is 11.1 Å². The number of aryl methyl sites for hydroxylation is 1. The lowest BCUT2D eigenvalue weighted by atomic mass is 9.99. The number of rotatable bonds is 4. The van der Waals surface area contributed by atoms with Crippen LogP contribution in [-0.2, 0) is 18.3 Å². The second-order valence-electron chi connectivity index (χ2n) is 7.38. The van der Waals surface area contributed by atoms with Crippen molar-refractivity contribution in [1.29, 1.82) is 5.26 Å². The average Bonchev–Trinajstić information content (AvgIpc) is 3.49. The molecule has 1 fully saturated rings. The van der Waals surface area contributed by atoms with Crippen LogP contribution >= 0.6 is 0 Å². The van der Waals surface area contributed by atoms with Gasteiger partial charge in [-0.25, -0.2) is 4.98 Å². The molecule has 0 spiro atoms. The van der Waals surface area contributed by atoms with Gasteiger partial charge in [0.1, 0.15) is 5.82 Å². The molecular weight excluding hydrogens is 366 g/mol. The number of benzene rings is 1. The second kappa shape index (κ2) is 7.06. The molecule has 29 heavy (non-hydrogen) atoms. The van der Waals surface area contributed by atoms with Crippen LogP contribution in [0.1, 0.15) is 18.9 Å². The molecule has 7 heteroatoms. The maximum Gasteiger partial charge on any atom is 0.250 e. The zero-order valence-electron chi connectivity index (χ0n) is 16.3. The van der Waals surface area contributed by atoms with Gasteiger partial charge in [-0.05, 0) is 42.0 Å². The standard InChI is InChI=1S/C22H21N5O2/c1-3-12-4-5-20(28)27(2)21(12)14-6-13-9-19(25-11-17(13)18(24)8-14)26-22(29)16-7-15(16)10-23/h4-6,8-9,11,15-16H,3,7,24H2,1-2H3,(H,25,26,29). The van der Waals surface area contributed by atoms with E-state index in [0.717, 1.165) is 34.0 Å². The summed E-state index contributed by atoms with van der Waals surface area (Å²) >= 11 is 0. The number of pyridine rings is 2. The number of nitrogen functional groups attached to an aromatic ring is 1. The van der Waals surface area contributed by atoms with Gasteiger partial charge in [0, 0.05) is 35.9 Å². The number of nitriles is 1.